The van der Waals surface area contributed by atoms with E-state index in [2.05, 4.69) is 21.2 Å². The SMILES string of the molecule is CC(=O)C(Br)c1ccc2c(c1)NC(=O)C(C)S2. The number of nitrogens with one attached hydrogen (secondary N) is 1. The molecule has 1 N–H and O–H groups in total. The fraction of sp³-hybridized carbons (Fsp3) is 0.333. The third-order valence-corrected chi connectivity index (χ3v) is 4.94. The van der Waals surface area contributed by atoms with Gasteiger partial charge in [-0.2, -0.15) is 0 Å². The van der Waals surface area contributed by atoms with Gasteiger partial charge in [0.05, 0.1) is 15.8 Å². The molecular formula is C12H12BrNO2S. The highest BCUT2D eigenvalue weighted by molar-refractivity contribution is 9.09. The third-order valence-electron chi connectivity index (χ3n) is 2.58. The number of carbonyl (C=O) groups is 2. The van der Waals surface area contributed by atoms with Crippen molar-refractivity contribution >= 4 is 45.1 Å². The predicted octanol–water partition coefficient (Wildman–Crippen LogP) is 3.14. The Morgan fingerprint density at radius 3 is 2.88 bits per heavy atom. The van der Waals surface area contributed by atoms with Gasteiger partial charge in [0.1, 0.15) is 5.78 Å². The summed E-state index contributed by atoms with van der Waals surface area (Å²) in [6, 6.07) is 5.71. The van der Waals surface area contributed by atoms with Gasteiger partial charge in [-0.3, -0.25) is 9.59 Å². The molecule has 1 aromatic rings. The summed E-state index contributed by atoms with van der Waals surface area (Å²) in [6.07, 6.45) is 0. The average molecular weight is 314 g/mol. The molecule has 2 unspecified atom stereocenters. The second-order valence-electron chi connectivity index (χ2n) is 3.98. The van der Waals surface area contributed by atoms with Gasteiger partial charge in [-0.1, -0.05) is 22.0 Å². The third kappa shape index (κ3) is 2.55. The summed E-state index contributed by atoms with van der Waals surface area (Å²) < 4.78 is 0. The number of fused-ring (bicyclic) bond motifs is 1. The average Bonchev–Trinajstić information content (AvgIpc) is 2.29. The van der Waals surface area contributed by atoms with E-state index in [0.717, 1.165) is 16.1 Å². The monoisotopic (exact) mass is 313 g/mol. The lowest BCUT2D eigenvalue weighted by atomic mass is 10.1. The minimum atomic E-state index is -0.311. The molecule has 0 saturated heterocycles. The minimum Gasteiger partial charge on any atom is -0.324 e. The molecule has 0 spiro atoms. The van der Waals surface area contributed by atoms with Crippen molar-refractivity contribution in [2.45, 2.75) is 28.8 Å². The zero-order valence-corrected chi connectivity index (χ0v) is 11.9. The van der Waals surface area contributed by atoms with Gasteiger partial charge in [0.2, 0.25) is 5.91 Å². The highest BCUT2D eigenvalue weighted by Crippen LogP contribution is 2.38. The molecule has 3 nitrogen and oxygen atoms in total. The first-order chi connectivity index (χ1) is 7.99. The molecule has 2 rings (SSSR count). The van der Waals surface area contributed by atoms with Crippen molar-refractivity contribution in [3.05, 3.63) is 23.8 Å². The van der Waals surface area contributed by atoms with Gasteiger partial charge in [0.25, 0.3) is 0 Å². The summed E-state index contributed by atoms with van der Waals surface area (Å²) in [7, 11) is 0. The number of benzene rings is 1. The molecule has 90 valence electrons. The number of Topliss-reactive ketones (excluding diaryl/α,β-unsaturated/α-hetero) is 1. The molecule has 1 aliphatic rings. The van der Waals surface area contributed by atoms with E-state index in [0.29, 0.717) is 0 Å². The first-order valence-corrected chi connectivity index (χ1v) is 7.04. The highest BCUT2D eigenvalue weighted by Gasteiger charge is 2.24. The van der Waals surface area contributed by atoms with Crippen LogP contribution in [0.4, 0.5) is 5.69 Å². The maximum absolute atomic E-state index is 11.6. The van der Waals surface area contributed by atoms with E-state index in [-0.39, 0.29) is 21.8 Å². The number of halogens is 1. The molecule has 2 atom stereocenters. The minimum absolute atomic E-state index is 0.00796. The Kier molecular flexibility index (Phi) is 3.58. The number of alkyl halides is 1. The second kappa shape index (κ2) is 4.82. The Morgan fingerprint density at radius 1 is 1.53 bits per heavy atom. The Hall–Kier alpha value is -0.810. The maximum atomic E-state index is 11.6. The first-order valence-electron chi connectivity index (χ1n) is 5.25. The second-order valence-corrected chi connectivity index (χ2v) is 6.28. The van der Waals surface area contributed by atoms with Crippen molar-refractivity contribution in [1.82, 2.24) is 0 Å². The lowest BCUT2D eigenvalue weighted by molar-refractivity contribution is -0.116. The van der Waals surface area contributed by atoms with Crippen LogP contribution in [0.2, 0.25) is 0 Å². The quantitative estimate of drug-likeness (QED) is 0.853. The number of rotatable bonds is 2. The van der Waals surface area contributed by atoms with E-state index in [4.69, 9.17) is 0 Å². The number of hydrogen-bond donors (Lipinski definition) is 1. The first kappa shape index (κ1) is 12.6. The molecule has 1 heterocycles. The molecule has 5 heteroatoms. The fourth-order valence-electron chi connectivity index (χ4n) is 1.62. The number of amides is 1. The van der Waals surface area contributed by atoms with Crippen LogP contribution in [-0.4, -0.2) is 16.9 Å². The highest BCUT2D eigenvalue weighted by atomic mass is 79.9. The number of hydrogen-bond acceptors (Lipinski definition) is 3. The van der Waals surface area contributed by atoms with E-state index < -0.39 is 0 Å². The number of ketones is 1. The van der Waals surface area contributed by atoms with Crippen molar-refractivity contribution in [2.75, 3.05) is 5.32 Å². The summed E-state index contributed by atoms with van der Waals surface area (Å²) in [5.41, 5.74) is 1.66. The van der Waals surface area contributed by atoms with Crippen LogP contribution in [0.3, 0.4) is 0 Å². The van der Waals surface area contributed by atoms with Gasteiger partial charge >= 0.3 is 0 Å². The zero-order valence-electron chi connectivity index (χ0n) is 9.49. The van der Waals surface area contributed by atoms with Crippen molar-refractivity contribution in [1.29, 1.82) is 0 Å². The Bertz CT molecular complexity index is 489. The van der Waals surface area contributed by atoms with Gasteiger partial charge in [-0.05, 0) is 31.5 Å². The van der Waals surface area contributed by atoms with Crippen molar-refractivity contribution in [2.24, 2.45) is 0 Å². The van der Waals surface area contributed by atoms with Crippen LogP contribution < -0.4 is 5.32 Å². The maximum Gasteiger partial charge on any atom is 0.237 e. The molecule has 0 radical (unpaired) electrons. The van der Waals surface area contributed by atoms with Crippen LogP contribution in [0.15, 0.2) is 23.1 Å². The van der Waals surface area contributed by atoms with Gasteiger partial charge in [0.15, 0.2) is 0 Å². The molecule has 0 aromatic heterocycles. The van der Waals surface area contributed by atoms with Crippen molar-refractivity contribution in [3.8, 4) is 0 Å². The topological polar surface area (TPSA) is 46.2 Å². The number of anilines is 1. The van der Waals surface area contributed by atoms with Gasteiger partial charge < -0.3 is 5.32 Å². The molecule has 17 heavy (non-hydrogen) atoms. The summed E-state index contributed by atoms with van der Waals surface area (Å²) in [5.74, 6) is 0.0571. The smallest absolute Gasteiger partial charge is 0.237 e. The van der Waals surface area contributed by atoms with Crippen molar-refractivity contribution < 1.29 is 9.59 Å². The summed E-state index contributed by atoms with van der Waals surface area (Å²) in [4.78, 5) is 23.6. The molecule has 0 bridgehead atoms. The van der Waals surface area contributed by atoms with Gasteiger partial charge in [-0.15, -0.1) is 11.8 Å². The van der Waals surface area contributed by atoms with E-state index in [1.54, 1.807) is 0 Å². The fourth-order valence-corrected chi connectivity index (χ4v) is 2.83. The standard InChI is InChI=1S/C12H12BrNO2S/c1-6(15)11(13)8-3-4-10-9(5-8)14-12(16)7(2)17-10/h3-5,7,11H,1-2H3,(H,14,16). The molecule has 0 aliphatic carbocycles. The lowest BCUT2D eigenvalue weighted by Crippen LogP contribution is -2.26. The molecule has 1 aromatic carbocycles. The van der Waals surface area contributed by atoms with Gasteiger partial charge in [0, 0.05) is 4.90 Å². The van der Waals surface area contributed by atoms with Crippen LogP contribution >= 0.6 is 27.7 Å². The molecule has 1 amide bonds. The lowest BCUT2D eigenvalue weighted by Gasteiger charge is -2.22. The van der Waals surface area contributed by atoms with Crippen LogP contribution in [0.25, 0.3) is 0 Å². The number of thioether (sulfide) groups is 1. The number of carbonyl (C=O) groups excluding carboxylic acids is 2. The van der Waals surface area contributed by atoms with Crippen LogP contribution in [0, 0.1) is 0 Å². The summed E-state index contributed by atoms with van der Waals surface area (Å²) >= 11 is 4.87. The van der Waals surface area contributed by atoms with E-state index >= 15 is 0 Å². The summed E-state index contributed by atoms with van der Waals surface area (Å²) in [5, 5.41) is 2.78. The van der Waals surface area contributed by atoms with E-state index in [1.807, 2.05) is 25.1 Å². The summed E-state index contributed by atoms with van der Waals surface area (Å²) in [6.45, 7) is 3.41. The van der Waals surface area contributed by atoms with Gasteiger partial charge in [-0.25, -0.2) is 0 Å². The van der Waals surface area contributed by atoms with Crippen LogP contribution in [0.5, 0.6) is 0 Å². The van der Waals surface area contributed by atoms with Crippen molar-refractivity contribution in [3.63, 3.8) is 0 Å². The predicted molar refractivity (Wildman–Crippen MR) is 72.7 cm³/mol. The Balaban J connectivity index is 2.35. The van der Waals surface area contributed by atoms with Crippen LogP contribution in [-0.2, 0) is 9.59 Å². The zero-order chi connectivity index (χ0) is 12.6. The van der Waals surface area contributed by atoms with Crippen LogP contribution in [0.1, 0.15) is 24.2 Å². The Morgan fingerprint density at radius 2 is 2.24 bits per heavy atom. The largest absolute Gasteiger partial charge is 0.324 e. The molecular weight excluding hydrogens is 302 g/mol. The van der Waals surface area contributed by atoms with E-state index in [1.165, 1.54) is 18.7 Å². The molecule has 0 saturated carbocycles. The molecule has 1 aliphatic heterocycles. The Labute approximate surface area is 112 Å². The molecule has 0 fully saturated rings. The normalized spacial score (nSPS) is 20.4. The van der Waals surface area contributed by atoms with E-state index in [9.17, 15) is 9.59 Å².